The van der Waals surface area contributed by atoms with Gasteiger partial charge in [-0.25, -0.2) is 0 Å². The molecule has 0 radical (unpaired) electrons. The van der Waals surface area contributed by atoms with Gasteiger partial charge in [0.25, 0.3) is 0 Å². The van der Waals surface area contributed by atoms with Gasteiger partial charge in [0.15, 0.2) is 0 Å². The second-order valence-corrected chi connectivity index (χ2v) is 7.96. The van der Waals surface area contributed by atoms with E-state index in [9.17, 15) is 9.59 Å². The van der Waals surface area contributed by atoms with Gasteiger partial charge in [-0.2, -0.15) is 0 Å². The molecule has 3 rings (SSSR count). The van der Waals surface area contributed by atoms with E-state index in [-0.39, 0.29) is 22.7 Å². The summed E-state index contributed by atoms with van der Waals surface area (Å²) in [5, 5.41) is 0.657. The molecular weight excluding hydrogens is 320 g/mol. The minimum absolute atomic E-state index is 0.00797. The second kappa shape index (κ2) is 5.78. The Morgan fingerprint density at radius 1 is 1.50 bits per heavy atom. The third kappa shape index (κ3) is 2.61. The Morgan fingerprint density at radius 2 is 2.23 bits per heavy atom. The number of likely N-dealkylation sites (N-methyl/N-ethyl adjacent to an activating group) is 1. The zero-order valence-electron chi connectivity index (χ0n) is 12.7. The maximum absolute atomic E-state index is 12.8. The van der Waals surface area contributed by atoms with E-state index in [1.54, 1.807) is 28.6 Å². The Labute approximate surface area is 139 Å². The van der Waals surface area contributed by atoms with Crippen molar-refractivity contribution in [3.63, 3.8) is 0 Å². The minimum Gasteiger partial charge on any atom is -0.340 e. The molecule has 4 nitrogen and oxygen atoms in total. The molecule has 118 valence electrons. The van der Waals surface area contributed by atoms with Crippen molar-refractivity contribution in [1.82, 2.24) is 9.80 Å². The van der Waals surface area contributed by atoms with E-state index < -0.39 is 0 Å². The van der Waals surface area contributed by atoms with E-state index in [4.69, 9.17) is 11.6 Å². The van der Waals surface area contributed by atoms with E-state index in [1.165, 1.54) is 0 Å². The number of thioether (sulfide) groups is 1. The summed E-state index contributed by atoms with van der Waals surface area (Å²) in [7, 11) is 1.77. The van der Waals surface area contributed by atoms with Crippen LogP contribution in [-0.2, 0) is 16.1 Å². The average molecular weight is 339 g/mol. The van der Waals surface area contributed by atoms with Crippen LogP contribution in [0.4, 0.5) is 0 Å². The first-order chi connectivity index (χ1) is 10.4. The lowest BCUT2D eigenvalue weighted by Gasteiger charge is -2.32. The predicted molar refractivity (Wildman–Crippen MR) is 88.7 cm³/mol. The summed E-state index contributed by atoms with van der Waals surface area (Å²) in [6.45, 7) is 2.52. The van der Waals surface area contributed by atoms with Crippen molar-refractivity contribution in [3.8, 4) is 0 Å². The van der Waals surface area contributed by atoms with Crippen molar-refractivity contribution < 1.29 is 9.59 Å². The van der Waals surface area contributed by atoms with E-state index in [1.807, 2.05) is 24.3 Å². The summed E-state index contributed by atoms with van der Waals surface area (Å²) in [5.41, 5.74) is 0.918. The molecule has 1 aromatic carbocycles. The zero-order chi connectivity index (χ0) is 15.9. The molecule has 2 saturated heterocycles. The molecule has 2 atom stereocenters. The molecule has 0 unspecified atom stereocenters. The van der Waals surface area contributed by atoms with Crippen LogP contribution in [0.15, 0.2) is 24.3 Å². The number of benzene rings is 1. The Bertz CT molecular complexity index is 624. The molecular formula is C16H19ClN2O2S. The summed E-state index contributed by atoms with van der Waals surface area (Å²) in [4.78, 5) is 28.2. The van der Waals surface area contributed by atoms with Gasteiger partial charge in [0.2, 0.25) is 11.8 Å². The molecule has 0 bridgehead atoms. The van der Waals surface area contributed by atoms with Crippen LogP contribution in [0.3, 0.4) is 0 Å². The van der Waals surface area contributed by atoms with Crippen LogP contribution in [0.5, 0.6) is 0 Å². The lowest BCUT2D eigenvalue weighted by Crippen LogP contribution is -2.50. The standard InChI is InChI=1S/C16H19ClN2O2S/c1-16-8-7-14(20)19(16)13(10-22-16)15(21)18(2)9-11-5-3-4-6-12(11)17/h3-6,13H,7-10H2,1-2H3/t13-,16+/m1/s1. The normalized spacial score (nSPS) is 27.1. The van der Waals surface area contributed by atoms with Gasteiger partial charge in [-0.3, -0.25) is 9.59 Å². The summed E-state index contributed by atoms with van der Waals surface area (Å²) in [6, 6.07) is 7.17. The highest BCUT2D eigenvalue weighted by Gasteiger charge is 2.53. The molecule has 2 aliphatic rings. The number of fused-ring (bicyclic) bond motifs is 1. The quantitative estimate of drug-likeness (QED) is 0.851. The van der Waals surface area contributed by atoms with Gasteiger partial charge in [0, 0.05) is 30.8 Å². The third-order valence-corrected chi connectivity index (χ3v) is 6.35. The van der Waals surface area contributed by atoms with Crippen LogP contribution < -0.4 is 0 Å². The van der Waals surface area contributed by atoms with E-state index in [0.29, 0.717) is 23.7 Å². The van der Waals surface area contributed by atoms with Gasteiger partial charge < -0.3 is 9.80 Å². The number of amides is 2. The van der Waals surface area contributed by atoms with Gasteiger partial charge in [0.1, 0.15) is 6.04 Å². The third-order valence-electron chi connectivity index (χ3n) is 4.47. The molecule has 0 saturated carbocycles. The number of nitrogens with zero attached hydrogens (tertiary/aromatic N) is 2. The Morgan fingerprint density at radius 3 is 2.95 bits per heavy atom. The largest absolute Gasteiger partial charge is 0.340 e. The van der Waals surface area contributed by atoms with Crippen LogP contribution in [0, 0.1) is 0 Å². The van der Waals surface area contributed by atoms with Crippen molar-refractivity contribution >= 4 is 35.2 Å². The van der Waals surface area contributed by atoms with Crippen molar-refractivity contribution in [2.24, 2.45) is 0 Å². The molecule has 22 heavy (non-hydrogen) atoms. The summed E-state index contributed by atoms with van der Waals surface area (Å²) < 4.78 is 0. The van der Waals surface area contributed by atoms with Crippen molar-refractivity contribution in [3.05, 3.63) is 34.9 Å². The molecule has 0 N–H and O–H groups in total. The Balaban J connectivity index is 1.74. The summed E-state index contributed by atoms with van der Waals surface area (Å²) >= 11 is 7.87. The number of rotatable bonds is 3. The van der Waals surface area contributed by atoms with Gasteiger partial charge >= 0.3 is 0 Å². The molecule has 0 spiro atoms. The highest BCUT2D eigenvalue weighted by molar-refractivity contribution is 8.01. The van der Waals surface area contributed by atoms with Crippen LogP contribution in [-0.4, -0.2) is 45.3 Å². The molecule has 6 heteroatoms. The lowest BCUT2D eigenvalue weighted by molar-refractivity contribution is -0.143. The van der Waals surface area contributed by atoms with Crippen LogP contribution in [0.2, 0.25) is 5.02 Å². The van der Waals surface area contributed by atoms with Gasteiger partial charge in [-0.15, -0.1) is 11.8 Å². The van der Waals surface area contributed by atoms with Gasteiger partial charge in [-0.1, -0.05) is 29.8 Å². The zero-order valence-corrected chi connectivity index (χ0v) is 14.3. The van der Waals surface area contributed by atoms with Crippen molar-refractivity contribution in [1.29, 1.82) is 0 Å². The topological polar surface area (TPSA) is 40.6 Å². The molecule has 1 aromatic rings. The highest BCUT2D eigenvalue weighted by Crippen LogP contribution is 2.47. The highest BCUT2D eigenvalue weighted by atomic mass is 35.5. The molecule has 0 aliphatic carbocycles. The van der Waals surface area contributed by atoms with Crippen molar-refractivity contribution in [2.75, 3.05) is 12.8 Å². The molecule has 2 aliphatic heterocycles. The fourth-order valence-electron chi connectivity index (χ4n) is 3.22. The first-order valence-corrected chi connectivity index (χ1v) is 8.73. The number of hydrogen-bond acceptors (Lipinski definition) is 3. The number of halogens is 1. The number of hydrogen-bond donors (Lipinski definition) is 0. The van der Waals surface area contributed by atoms with Crippen LogP contribution in [0.25, 0.3) is 0 Å². The van der Waals surface area contributed by atoms with Crippen molar-refractivity contribution in [2.45, 2.75) is 37.2 Å². The fourth-order valence-corrected chi connectivity index (χ4v) is 4.84. The van der Waals surface area contributed by atoms with Crippen LogP contribution >= 0.6 is 23.4 Å². The maximum atomic E-state index is 12.8. The predicted octanol–water partition coefficient (Wildman–Crippen LogP) is 2.75. The number of carbonyl (C=O) groups is 2. The lowest BCUT2D eigenvalue weighted by atomic mass is 10.1. The monoisotopic (exact) mass is 338 g/mol. The number of carbonyl (C=O) groups excluding carboxylic acids is 2. The first-order valence-electron chi connectivity index (χ1n) is 7.37. The fraction of sp³-hybridized carbons (Fsp3) is 0.500. The molecule has 2 amide bonds. The van der Waals surface area contributed by atoms with E-state index >= 15 is 0 Å². The first kappa shape index (κ1) is 15.7. The maximum Gasteiger partial charge on any atom is 0.246 e. The van der Waals surface area contributed by atoms with E-state index in [0.717, 1.165) is 12.0 Å². The Hall–Kier alpha value is -1.20. The van der Waals surface area contributed by atoms with Gasteiger partial charge in [-0.05, 0) is 25.0 Å². The molecule has 2 heterocycles. The summed E-state index contributed by atoms with van der Waals surface area (Å²) in [5.74, 6) is 0.761. The van der Waals surface area contributed by atoms with Crippen LogP contribution in [0.1, 0.15) is 25.3 Å². The summed E-state index contributed by atoms with van der Waals surface area (Å²) in [6.07, 6.45) is 1.37. The SMILES string of the molecule is CN(Cc1ccccc1Cl)C(=O)[C@H]1CS[C@@]2(C)CCC(=O)N12. The molecule has 0 aromatic heterocycles. The average Bonchev–Trinajstić information content (AvgIpc) is 2.98. The van der Waals surface area contributed by atoms with Gasteiger partial charge in [0.05, 0.1) is 4.87 Å². The molecule has 2 fully saturated rings. The smallest absolute Gasteiger partial charge is 0.246 e. The Kier molecular flexibility index (Phi) is 4.12. The minimum atomic E-state index is -0.350. The second-order valence-electron chi connectivity index (χ2n) is 6.05. The van der Waals surface area contributed by atoms with E-state index in [2.05, 4.69) is 6.92 Å².